The third kappa shape index (κ3) is 4.27. The number of nitrogens with zero attached hydrogens (tertiary/aromatic N) is 3. The number of aromatic amines is 1. The van der Waals surface area contributed by atoms with Crippen LogP contribution in [-0.2, 0) is 10.0 Å². The number of aromatic nitrogens is 2. The number of fused-ring (bicyclic) bond motifs is 1. The minimum atomic E-state index is -3.77. The van der Waals surface area contributed by atoms with Crippen molar-refractivity contribution in [2.45, 2.75) is 49.5 Å². The Labute approximate surface area is 198 Å². The molecule has 1 aromatic heterocycles. The zero-order chi connectivity index (χ0) is 23.0. The van der Waals surface area contributed by atoms with Crippen molar-refractivity contribution in [1.29, 1.82) is 0 Å². The predicted molar refractivity (Wildman–Crippen MR) is 128 cm³/mol. The summed E-state index contributed by atoms with van der Waals surface area (Å²) in [5.74, 6) is 0.551. The van der Waals surface area contributed by atoms with E-state index in [9.17, 15) is 13.2 Å². The number of sulfonamides is 1. The lowest BCUT2D eigenvalue weighted by molar-refractivity contribution is 0.0730. The minimum absolute atomic E-state index is 0.0106. The number of imidazole rings is 1. The highest BCUT2D eigenvalue weighted by molar-refractivity contribution is 7.89. The van der Waals surface area contributed by atoms with Gasteiger partial charge in [0.2, 0.25) is 10.0 Å². The number of hydrogen-bond donors (Lipinski definition) is 1. The fraction of sp³-hybridized carbons (Fsp3) is 0.417. The summed E-state index contributed by atoms with van der Waals surface area (Å²) in [4.78, 5) is 23.3. The highest BCUT2D eigenvalue weighted by Gasteiger charge is 2.34. The first-order valence-electron chi connectivity index (χ1n) is 11.5. The summed E-state index contributed by atoms with van der Waals surface area (Å²) in [5, 5.41) is 0.144. The van der Waals surface area contributed by atoms with Crippen LogP contribution >= 0.6 is 11.6 Å². The molecule has 1 N–H and O–H groups in total. The van der Waals surface area contributed by atoms with E-state index in [0.717, 1.165) is 55.4 Å². The van der Waals surface area contributed by atoms with Crippen LogP contribution in [0, 0.1) is 0 Å². The van der Waals surface area contributed by atoms with Gasteiger partial charge in [0, 0.05) is 25.2 Å². The van der Waals surface area contributed by atoms with Crippen LogP contribution in [0.1, 0.15) is 60.7 Å². The Morgan fingerprint density at radius 3 is 2.52 bits per heavy atom. The molecule has 5 rings (SSSR count). The molecule has 2 aliphatic heterocycles. The number of likely N-dealkylation sites (tertiary alicyclic amines) is 1. The molecule has 2 fully saturated rings. The third-order valence-electron chi connectivity index (χ3n) is 6.60. The molecule has 2 aliphatic rings. The van der Waals surface area contributed by atoms with Crippen LogP contribution in [0.2, 0.25) is 5.02 Å². The maximum atomic E-state index is 13.5. The molecular weight excluding hydrogens is 460 g/mol. The predicted octanol–water partition coefficient (Wildman–Crippen LogP) is 4.76. The second-order valence-corrected chi connectivity index (χ2v) is 11.1. The molecule has 1 unspecified atom stereocenters. The van der Waals surface area contributed by atoms with Gasteiger partial charge in [-0.3, -0.25) is 4.79 Å². The van der Waals surface area contributed by atoms with E-state index in [-0.39, 0.29) is 21.9 Å². The Bertz CT molecular complexity index is 1250. The second-order valence-electron chi connectivity index (χ2n) is 8.76. The van der Waals surface area contributed by atoms with Crippen molar-refractivity contribution < 1.29 is 13.2 Å². The van der Waals surface area contributed by atoms with Crippen molar-refractivity contribution in [1.82, 2.24) is 19.2 Å². The Morgan fingerprint density at radius 1 is 1.00 bits per heavy atom. The molecule has 0 spiro atoms. The van der Waals surface area contributed by atoms with Crippen LogP contribution in [-0.4, -0.2) is 53.1 Å². The van der Waals surface area contributed by atoms with E-state index in [0.29, 0.717) is 25.2 Å². The molecule has 3 aromatic rings. The number of H-pyrrole nitrogens is 1. The first-order chi connectivity index (χ1) is 15.9. The second kappa shape index (κ2) is 9.08. The summed E-state index contributed by atoms with van der Waals surface area (Å²) in [6, 6.07) is 12.2. The lowest BCUT2D eigenvalue weighted by Crippen LogP contribution is -2.33. The number of nitrogens with one attached hydrogen (secondary N) is 1. The molecular formula is C24H27ClN4O3S. The molecule has 2 aromatic carbocycles. The summed E-state index contributed by atoms with van der Waals surface area (Å²) >= 11 is 6.33. The van der Waals surface area contributed by atoms with Gasteiger partial charge < -0.3 is 9.88 Å². The third-order valence-corrected chi connectivity index (χ3v) is 8.98. The van der Waals surface area contributed by atoms with E-state index in [4.69, 9.17) is 11.6 Å². The maximum Gasteiger partial charge on any atom is 0.254 e. The fourth-order valence-corrected chi connectivity index (χ4v) is 6.86. The quantitative estimate of drug-likeness (QED) is 0.576. The molecule has 9 heteroatoms. The van der Waals surface area contributed by atoms with Gasteiger partial charge in [-0.15, -0.1) is 0 Å². The van der Waals surface area contributed by atoms with Gasteiger partial charge in [-0.05, 0) is 56.0 Å². The van der Waals surface area contributed by atoms with Gasteiger partial charge in [-0.1, -0.05) is 36.6 Å². The van der Waals surface area contributed by atoms with Crippen molar-refractivity contribution in [3.05, 3.63) is 58.9 Å². The number of amides is 1. The first kappa shape index (κ1) is 22.4. The van der Waals surface area contributed by atoms with Crippen LogP contribution in [0.4, 0.5) is 0 Å². The molecule has 0 radical (unpaired) electrons. The molecule has 2 saturated heterocycles. The van der Waals surface area contributed by atoms with E-state index in [1.165, 1.54) is 16.4 Å². The normalized spacial score (nSPS) is 20.3. The zero-order valence-corrected chi connectivity index (χ0v) is 19.9. The van der Waals surface area contributed by atoms with Crippen molar-refractivity contribution in [3.8, 4) is 0 Å². The number of halogens is 1. The fourth-order valence-electron chi connectivity index (χ4n) is 4.85. The van der Waals surface area contributed by atoms with E-state index in [1.807, 2.05) is 24.3 Å². The van der Waals surface area contributed by atoms with Gasteiger partial charge in [0.1, 0.15) is 10.7 Å². The largest absolute Gasteiger partial charge is 0.340 e. The van der Waals surface area contributed by atoms with Gasteiger partial charge in [0.05, 0.1) is 22.1 Å². The van der Waals surface area contributed by atoms with Gasteiger partial charge in [0.25, 0.3) is 5.91 Å². The molecule has 33 heavy (non-hydrogen) atoms. The number of rotatable bonds is 4. The molecule has 1 amide bonds. The smallest absolute Gasteiger partial charge is 0.254 e. The summed E-state index contributed by atoms with van der Waals surface area (Å²) in [7, 11) is -3.77. The Hall–Kier alpha value is -2.42. The SMILES string of the molecule is O=C(c1ccc(Cl)c(S(=O)(=O)N2CCCCCC2)c1)N1CCCC1c1nc2ccccc2[nH]1. The van der Waals surface area contributed by atoms with E-state index in [2.05, 4.69) is 9.97 Å². The summed E-state index contributed by atoms with van der Waals surface area (Å²) < 4.78 is 28.2. The number of para-hydroxylation sites is 2. The van der Waals surface area contributed by atoms with E-state index in [1.54, 1.807) is 11.0 Å². The Balaban J connectivity index is 1.44. The topological polar surface area (TPSA) is 86.4 Å². The molecule has 7 nitrogen and oxygen atoms in total. The minimum Gasteiger partial charge on any atom is -0.340 e. The lowest BCUT2D eigenvalue weighted by Gasteiger charge is -2.24. The zero-order valence-electron chi connectivity index (χ0n) is 18.3. The molecule has 3 heterocycles. The Kier molecular flexibility index (Phi) is 6.16. The van der Waals surface area contributed by atoms with Crippen molar-refractivity contribution in [3.63, 3.8) is 0 Å². The molecule has 1 atom stereocenters. The van der Waals surface area contributed by atoms with Crippen LogP contribution in [0.5, 0.6) is 0 Å². The number of benzene rings is 2. The van der Waals surface area contributed by atoms with Crippen molar-refractivity contribution >= 4 is 38.6 Å². The monoisotopic (exact) mass is 486 g/mol. The van der Waals surface area contributed by atoms with Gasteiger partial charge in [-0.2, -0.15) is 4.31 Å². The molecule has 0 saturated carbocycles. The average Bonchev–Trinajstić information content (AvgIpc) is 3.37. The Morgan fingerprint density at radius 2 is 1.76 bits per heavy atom. The molecule has 0 bridgehead atoms. The summed E-state index contributed by atoms with van der Waals surface area (Å²) in [6.45, 7) is 1.56. The van der Waals surface area contributed by atoms with Gasteiger partial charge >= 0.3 is 0 Å². The highest BCUT2D eigenvalue weighted by Crippen LogP contribution is 2.34. The van der Waals surface area contributed by atoms with Crippen molar-refractivity contribution in [2.24, 2.45) is 0 Å². The molecule has 174 valence electrons. The van der Waals surface area contributed by atoms with E-state index < -0.39 is 10.0 Å². The first-order valence-corrected chi connectivity index (χ1v) is 13.3. The lowest BCUT2D eigenvalue weighted by atomic mass is 10.1. The number of hydrogen-bond acceptors (Lipinski definition) is 4. The van der Waals surface area contributed by atoms with Gasteiger partial charge in [-0.25, -0.2) is 13.4 Å². The number of carbonyl (C=O) groups is 1. The van der Waals surface area contributed by atoms with Crippen molar-refractivity contribution in [2.75, 3.05) is 19.6 Å². The highest BCUT2D eigenvalue weighted by atomic mass is 35.5. The molecule has 0 aliphatic carbocycles. The number of carbonyl (C=O) groups excluding carboxylic acids is 1. The van der Waals surface area contributed by atoms with E-state index >= 15 is 0 Å². The maximum absolute atomic E-state index is 13.5. The van der Waals surface area contributed by atoms with Crippen LogP contribution in [0.15, 0.2) is 47.4 Å². The summed E-state index contributed by atoms with van der Waals surface area (Å²) in [6.07, 6.45) is 5.38. The van der Waals surface area contributed by atoms with Crippen LogP contribution < -0.4 is 0 Å². The van der Waals surface area contributed by atoms with Crippen LogP contribution in [0.25, 0.3) is 11.0 Å². The summed E-state index contributed by atoms with van der Waals surface area (Å²) in [5.41, 5.74) is 2.13. The standard InChI is InChI=1S/C24H27ClN4O3S/c25-18-12-11-17(16-22(18)33(31,32)28-13-5-1-2-6-14-28)24(30)29-15-7-10-21(29)23-26-19-8-3-4-9-20(19)27-23/h3-4,8-9,11-12,16,21H,1-2,5-7,10,13-15H2,(H,26,27). The van der Waals surface area contributed by atoms with Gasteiger partial charge in [0.15, 0.2) is 0 Å². The van der Waals surface area contributed by atoms with Crippen LogP contribution in [0.3, 0.4) is 0 Å². The average molecular weight is 487 g/mol.